The van der Waals surface area contributed by atoms with E-state index in [0.717, 1.165) is 37.7 Å². The van der Waals surface area contributed by atoms with Gasteiger partial charge in [0.25, 0.3) is 0 Å². The van der Waals surface area contributed by atoms with E-state index in [-0.39, 0.29) is 48.0 Å². The van der Waals surface area contributed by atoms with Crippen LogP contribution in [0.3, 0.4) is 0 Å². The number of benzene rings is 1. The molecular formula is C34H38O8. The summed E-state index contributed by atoms with van der Waals surface area (Å²) in [6.07, 6.45) is 5.32. The van der Waals surface area contributed by atoms with Gasteiger partial charge < -0.3 is 28.8 Å². The summed E-state index contributed by atoms with van der Waals surface area (Å²) in [5.41, 5.74) is -0.471. The molecule has 222 valence electrons. The van der Waals surface area contributed by atoms with Gasteiger partial charge in [-0.25, -0.2) is 4.79 Å². The first kappa shape index (κ1) is 25.9. The van der Waals surface area contributed by atoms with Crippen molar-refractivity contribution in [2.75, 3.05) is 0 Å². The molecule has 1 unspecified atom stereocenters. The molecule has 5 heterocycles. The minimum atomic E-state index is -0.827. The smallest absolute Gasteiger partial charge is 0.339 e. The number of aliphatic hydroxyl groups is 1. The summed E-state index contributed by atoms with van der Waals surface area (Å²) >= 11 is 0. The lowest BCUT2D eigenvalue weighted by Gasteiger charge is -2.70. The minimum absolute atomic E-state index is 0.130. The maximum atomic E-state index is 13.5. The third-order valence-electron chi connectivity index (χ3n) is 12.4. The van der Waals surface area contributed by atoms with E-state index in [4.69, 9.17) is 23.7 Å². The highest BCUT2D eigenvalue weighted by atomic mass is 16.7. The van der Waals surface area contributed by atoms with Gasteiger partial charge in [-0.3, -0.25) is 4.79 Å². The molecule has 3 saturated carbocycles. The van der Waals surface area contributed by atoms with E-state index in [0.29, 0.717) is 41.9 Å². The summed E-state index contributed by atoms with van der Waals surface area (Å²) < 4.78 is 32.1. The Bertz CT molecular complexity index is 1470. The average Bonchev–Trinajstić information content (AvgIpc) is 3.87. The van der Waals surface area contributed by atoms with Gasteiger partial charge in [-0.05, 0) is 31.6 Å². The van der Waals surface area contributed by atoms with E-state index in [1.807, 2.05) is 30.3 Å². The van der Waals surface area contributed by atoms with E-state index in [1.165, 1.54) is 0 Å². The van der Waals surface area contributed by atoms with Crippen LogP contribution >= 0.6 is 0 Å². The lowest BCUT2D eigenvalue weighted by Crippen LogP contribution is -2.83. The monoisotopic (exact) mass is 574 g/mol. The van der Waals surface area contributed by atoms with Gasteiger partial charge in [0.2, 0.25) is 0 Å². The zero-order valence-electron chi connectivity index (χ0n) is 24.4. The normalized spacial score (nSPS) is 47.3. The molecule has 0 radical (unpaired) electrons. The minimum Gasteiger partial charge on any atom is -0.422 e. The van der Waals surface area contributed by atoms with Gasteiger partial charge in [0, 0.05) is 34.5 Å². The topological polar surface area (TPSA) is 107 Å². The number of cyclic esters (lactones) is 1. The Morgan fingerprint density at radius 2 is 1.79 bits per heavy atom. The maximum Gasteiger partial charge on any atom is 0.339 e. The molecule has 7 fully saturated rings. The summed E-state index contributed by atoms with van der Waals surface area (Å²) in [5.74, 6) is -0.225. The lowest BCUT2D eigenvalue weighted by atomic mass is 9.41. The van der Waals surface area contributed by atoms with E-state index in [1.54, 1.807) is 0 Å². The highest BCUT2D eigenvalue weighted by Crippen LogP contribution is 2.82. The van der Waals surface area contributed by atoms with E-state index >= 15 is 0 Å². The number of rotatable bonds is 4. The van der Waals surface area contributed by atoms with Crippen LogP contribution in [0.4, 0.5) is 0 Å². The molecule has 10 rings (SSSR count). The molecule has 1 N–H and O–H groups in total. The van der Waals surface area contributed by atoms with Crippen molar-refractivity contribution in [3.05, 3.63) is 52.8 Å². The Morgan fingerprint density at radius 1 is 1.05 bits per heavy atom. The number of fused-ring (bicyclic) bond motifs is 2. The average molecular weight is 575 g/mol. The summed E-state index contributed by atoms with van der Waals surface area (Å²) in [5, 5.41) is 11.9. The van der Waals surface area contributed by atoms with Crippen molar-refractivity contribution in [3.63, 3.8) is 0 Å². The highest BCUT2D eigenvalue weighted by molar-refractivity contribution is 5.98. The largest absolute Gasteiger partial charge is 0.422 e. The first-order valence-electron chi connectivity index (χ1n) is 15.9. The first-order chi connectivity index (χ1) is 20.2. The molecule has 8 nitrogen and oxygen atoms in total. The zero-order chi connectivity index (χ0) is 28.8. The van der Waals surface area contributed by atoms with Gasteiger partial charge in [0.15, 0.2) is 11.5 Å². The van der Waals surface area contributed by atoms with Crippen LogP contribution in [0.15, 0.2) is 47.2 Å². The molecule has 0 aromatic heterocycles. The highest BCUT2D eigenvalue weighted by Gasteiger charge is 2.98. The number of epoxide rings is 2. The summed E-state index contributed by atoms with van der Waals surface area (Å²) in [6, 6.07) is 9.49. The molecule has 2 bridgehead atoms. The summed E-state index contributed by atoms with van der Waals surface area (Å²) in [4.78, 5) is 27.0. The van der Waals surface area contributed by atoms with Crippen LogP contribution in [0.25, 0.3) is 5.76 Å². The zero-order valence-corrected chi connectivity index (χ0v) is 24.4. The summed E-state index contributed by atoms with van der Waals surface area (Å²) in [7, 11) is 0. The van der Waals surface area contributed by atoms with Gasteiger partial charge in [-0.15, -0.1) is 0 Å². The number of carbonyl (C=O) groups excluding carboxylic acids is 2. The fourth-order valence-corrected chi connectivity index (χ4v) is 10.3. The SMILES string of the molecule is CC(C)[C@]12O[C@H]1[C@@H]1O[C@@]13[C@@]1(C)CCC4=C(/C(=C(\OC(=O)C5CCCCC5)c5ccccc5)OC4=O)[C@@H]1C1C[C@@]3(O1)[C@@H]2O. The molecule has 1 aromatic carbocycles. The third kappa shape index (κ3) is 2.80. The molecule has 8 heteroatoms. The number of hydrogen-bond acceptors (Lipinski definition) is 8. The van der Waals surface area contributed by atoms with Crippen LogP contribution < -0.4 is 0 Å². The van der Waals surface area contributed by atoms with Crippen LogP contribution in [0.1, 0.15) is 77.7 Å². The fourth-order valence-electron chi connectivity index (χ4n) is 10.3. The predicted octanol–water partition coefficient (Wildman–Crippen LogP) is 4.60. The Morgan fingerprint density at radius 3 is 2.50 bits per heavy atom. The van der Waals surface area contributed by atoms with E-state index < -0.39 is 28.3 Å². The van der Waals surface area contributed by atoms with Gasteiger partial charge in [0.1, 0.15) is 35.1 Å². The number of carbonyl (C=O) groups is 2. The Labute approximate surface area is 245 Å². The van der Waals surface area contributed by atoms with E-state index in [9.17, 15) is 14.7 Å². The second kappa shape index (κ2) is 8.14. The van der Waals surface area contributed by atoms with Crippen LogP contribution in [0, 0.1) is 23.2 Å². The Hall–Kier alpha value is -2.52. The molecule has 9 atom stereocenters. The molecule has 4 saturated heterocycles. The molecule has 42 heavy (non-hydrogen) atoms. The summed E-state index contributed by atoms with van der Waals surface area (Å²) in [6.45, 7) is 6.42. The molecule has 5 aliphatic heterocycles. The molecule has 2 spiro atoms. The standard InChI is InChI=1S/C34H38O8/c1-17(2)33-26(41-33)27-34(42-27)31(3)15-14-20-22(23(31)21-16-32(34,40-21)30(33)37)25(39-29(20)36)24(18-10-6-4-7-11-18)38-28(35)19-12-8-5-9-13-19/h4,6-7,10-11,17,19,21,23,26-27,30,37H,5,8-9,12-16H2,1-3H3/b25-24+/t21?,23-,26-,27-,30-,31-,32+,33-,34+/m0/s1. The quantitative estimate of drug-likeness (QED) is 0.316. The molecular weight excluding hydrogens is 536 g/mol. The molecule has 4 aliphatic carbocycles. The van der Waals surface area contributed by atoms with Gasteiger partial charge in [-0.1, -0.05) is 70.4 Å². The van der Waals surface area contributed by atoms with Crippen molar-refractivity contribution < 1.29 is 38.4 Å². The van der Waals surface area contributed by atoms with Crippen molar-refractivity contribution in [3.8, 4) is 0 Å². The predicted molar refractivity (Wildman–Crippen MR) is 148 cm³/mol. The number of esters is 2. The second-order valence-electron chi connectivity index (χ2n) is 14.4. The van der Waals surface area contributed by atoms with Gasteiger partial charge in [0.05, 0.1) is 12.0 Å². The van der Waals surface area contributed by atoms with Crippen LogP contribution in [-0.2, 0) is 33.3 Å². The van der Waals surface area contributed by atoms with Crippen LogP contribution in [0.5, 0.6) is 0 Å². The second-order valence-corrected chi connectivity index (χ2v) is 14.4. The van der Waals surface area contributed by atoms with Crippen LogP contribution in [0.2, 0.25) is 0 Å². The van der Waals surface area contributed by atoms with Gasteiger partial charge >= 0.3 is 11.9 Å². The number of aliphatic hydroxyl groups excluding tert-OH is 1. The molecule has 0 amide bonds. The van der Waals surface area contributed by atoms with Crippen molar-refractivity contribution in [1.29, 1.82) is 0 Å². The maximum absolute atomic E-state index is 13.5. The number of ether oxygens (including phenoxy) is 5. The van der Waals surface area contributed by atoms with Crippen molar-refractivity contribution in [2.24, 2.45) is 23.2 Å². The van der Waals surface area contributed by atoms with Crippen molar-refractivity contribution in [1.82, 2.24) is 0 Å². The van der Waals surface area contributed by atoms with Crippen LogP contribution in [-0.4, -0.2) is 58.3 Å². The number of hydrogen-bond donors (Lipinski definition) is 1. The Balaban J connectivity index is 1.16. The third-order valence-corrected chi connectivity index (χ3v) is 12.4. The molecule has 9 aliphatic rings. The molecule has 1 aromatic rings. The van der Waals surface area contributed by atoms with Crippen molar-refractivity contribution in [2.45, 2.75) is 113 Å². The lowest BCUT2D eigenvalue weighted by molar-refractivity contribution is -0.366. The van der Waals surface area contributed by atoms with E-state index in [2.05, 4.69) is 20.8 Å². The fraction of sp³-hybridized carbons (Fsp3) is 0.647. The first-order valence-corrected chi connectivity index (χ1v) is 15.9. The Kier molecular flexibility index (Phi) is 5.03. The van der Waals surface area contributed by atoms with Gasteiger partial charge in [-0.2, -0.15) is 0 Å². The number of allylic oxidation sites excluding steroid dienone is 1. The van der Waals surface area contributed by atoms with Crippen molar-refractivity contribution >= 4 is 17.7 Å².